The first-order chi connectivity index (χ1) is 8.52. The van der Waals surface area contributed by atoms with Crippen molar-refractivity contribution < 1.29 is 13.9 Å². The molecule has 0 radical (unpaired) electrons. The van der Waals surface area contributed by atoms with Gasteiger partial charge in [0.1, 0.15) is 5.58 Å². The Morgan fingerprint density at radius 3 is 2.78 bits per heavy atom. The number of fused-ring (bicyclic) bond motifs is 1. The van der Waals surface area contributed by atoms with Crippen molar-refractivity contribution in [2.24, 2.45) is 0 Å². The summed E-state index contributed by atoms with van der Waals surface area (Å²) in [5.41, 5.74) is 0.737. The number of rotatable bonds is 2. The van der Waals surface area contributed by atoms with E-state index in [1.165, 1.54) is 6.07 Å². The fraction of sp³-hybridized carbons (Fsp3) is 0.231. The summed E-state index contributed by atoms with van der Waals surface area (Å²) in [6, 6.07) is 4.31. The Labute approximate surface area is 108 Å². The Bertz CT molecular complexity index is 672. The molecule has 1 heterocycles. The van der Waals surface area contributed by atoms with E-state index in [4.69, 9.17) is 20.8 Å². The van der Waals surface area contributed by atoms with E-state index in [1.54, 1.807) is 19.9 Å². The third-order valence-electron chi connectivity index (χ3n) is 2.46. The van der Waals surface area contributed by atoms with Gasteiger partial charge in [0.05, 0.1) is 12.0 Å². The van der Waals surface area contributed by atoms with Gasteiger partial charge in [0.25, 0.3) is 0 Å². The summed E-state index contributed by atoms with van der Waals surface area (Å²) in [5.74, 6) is -0.745. The normalized spacial score (nSPS) is 10.6. The van der Waals surface area contributed by atoms with Crippen LogP contribution in [0.5, 0.6) is 0 Å². The maximum absolute atomic E-state index is 11.9. The minimum Gasteiger partial charge on any atom is -0.460 e. The average molecular weight is 267 g/mol. The lowest BCUT2D eigenvalue weighted by Crippen LogP contribution is -2.10. The zero-order chi connectivity index (χ0) is 13.3. The van der Waals surface area contributed by atoms with E-state index in [0.29, 0.717) is 21.6 Å². The Kier molecular flexibility index (Phi) is 3.39. The van der Waals surface area contributed by atoms with Gasteiger partial charge in [-0.1, -0.05) is 11.6 Å². The van der Waals surface area contributed by atoms with Crippen molar-refractivity contribution in [2.75, 3.05) is 6.61 Å². The molecule has 1 aromatic heterocycles. The van der Waals surface area contributed by atoms with Gasteiger partial charge in [-0.25, -0.2) is 4.79 Å². The summed E-state index contributed by atoms with van der Waals surface area (Å²) in [5, 5.41) is 0.809. The summed E-state index contributed by atoms with van der Waals surface area (Å²) >= 11 is 5.88. The lowest BCUT2D eigenvalue weighted by molar-refractivity contribution is 0.0490. The number of hydrogen-bond donors (Lipinski definition) is 0. The molecule has 1 aromatic carbocycles. The molecule has 18 heavy (non-hydrogen) atoms. The van der Waals surface area contributed by atoms with Crippen molar-refractivity contribution in [2.45, 2.75) is 13.8 Å². The molecule has 2 aromatic rings. The van der Waals surface area contributed by atoms with Crippen LogP contribution in [0.15, 0.2) is 27.4 Å². The highest BCUT2D eigenvalue weighted by atomic mass is 35.5. The minimum absolute atomic E-state index is 0.0974. The Balaban J connectivity index is 2.69. The Morgan fingerprint density at radius 2 is 2.11 bits per heavy atom. The van der Waals surface area contributed by atoms with Crippen LogP contribution in [0.25, 0.3) is 11.0 Å². The van der Waals surface area contributed by atoms with Crippen molar-refractivity contribution in [3.8, 4) is 0 Å². The van der Waals surface area contributed by atoms with E-state index in [-0.39, 0.29) is 17.8 Å². The molecule has 0 spiro atoms. The van der Waals surface area contributed by atoms with Gasteiger partial charge < -0.3 is 9.15 Å². The zero-order valence-corrected chi connectivity index (χ0v) is 10.7. The third kappa shape index (κ3) is 2.24. The number of ether oxygens (including phenoxy) is 1. The molecule has 0 fully saturated rings. The number of aryl methyl sites for hydroxylation is 1. The monoisotopic (exact) mass is 266 g/mol. The summed E-state index contributed by atoms with van der Waals surface area (Å²) in [6.45, 7) is 3.66. The van der Waals surface area contributed by atoms with Crippen LogP contribution in [-0.4, -0.2) is 12.6 Å². The summed E-state index contributed by atoms with van der Waals surface area (Å²) < 4.78 is 10.2. The van der Waals surface area contributed by atoms with E-state index >= 15 is 0 Å². The molecule has 0 unspecified atom stereocenters. The smallest absolute Gasteiger partial charge is 0.374 e. The molecular formula is C13H11ClO4. The fourth-order valence-corrected chi connectivity index (χ4v) is 1.96. The second-order valence-corrected chi connectivity index (χ2v) is 4.23. The van der Waals surface area contributed by atoms with Gasteiger partial charge in [-0.15, -0.1) is 0 Å². The predicted octanol–water partition coefficient (Wildman–Crippen LogP) is 2.93. The van der Waals surface area contributed by atoms with Crippen LogP contribution in [0.4, 0.5) is 0 Å². The molecule has 0 aliphatic carbocycles. The van der Waals surface area contributed by atoms with Gasteiger partial charge in [0, 0.05) is 11.1 Å². The number of carbonyl (C=O) groups excluding carboxylic acids is 1. The Morgan fingerprint density at radius 1 is 1.39 bits per heavy atom. The van der Waals surface area contributed by atoms with Crippen LogP contribution >= 0.6 is 11.6 Å². The Hall–Kier alpha value is -1.81. The third-order valence-corrected chi connectivity index (χ3v) is 2.67. The van der Waals surface area contributed by atoms with E-state index in [9.17, 15) is 9.59 Å². The number of carbonyl (C=O) groups is 1. The first-order valence-corrected chi connectivity index (χ1v) is 5.82. The standard InChI is InChI=1S/C13H11ClO4/c1-3-17-13(16)11-6-10(15)9-5-8(14)4-7(2)12(9)18-11/h4-6H,3H2,1-2H3. The minimum atomic E-state index is -0.647. The topological polar surface area (TPSA) is 56.5 Å². The van der Waals surface area contributed by atoms with Crippen LogP contribution < -0.4 is 5.43 Å². The maximum Gasteiger partial charge on any atom is 0.374 e. The second kappa shape index (κ2) is 4.82. The van der Waals surface area contributed by atoms with E-state index in [2.05, 4.69) is 0 Å². The molecule has 0 aliphatic rings. The first-order valence-electron chi connectivity index (χ1n) is 5.44. The van der Waals surface area contributed by atoms with Crippen molar-refractivity contribution >= 4 is 28.5 Å². The molecule has 0 aliphatic heterocycles. The number of hydrogen-bond acceptors (Lipinski definition) is 4. The second-order valence-electron chi connectivity index (χ2n) is 3.79. The first kappa shape index (κ1) is 12.6. The van der Waals surface area contributed by atoms with Crippen LogP contribution in [0.3, 0.4) is 0 Å². The number of halogens is 1. The van der Waals surface area contributed by atoms with Gasteiger partial charge in [-0.3, -0.25) is 4.79 Å². The summed E-state index contributed by atoms with van der Waals surface area (Å²) in [7, 11) is 0. The molecule has 0 N–H and O–H groups in total. The largest absolute Gasteiger partial charge is 0.460 e. The molecule has 4 nitrogen and oxygen atoms in total. The average Bonchev–Trinajstić information content (AvgIpc) is 2.30. The van der Waals surface area contributed by atoms with Gasteiger partial charge in [0.2, 0.25) is 5.76 Å². The highest BCUT2D eigenvalue weighted by Crippen LogP contribution is 2.22. The number of esters is 1. The molecular weight excluding hydrogens is 256 g/mol. The van der Waals surface area contributed by atoms with E-state index in [1.807, 2.05) is 0 Å². The van der Waals surface area contributed by atoms with Crippen LogP contribution in [0.2, 0.25) is 5.02 Å². The quantitative estimate of drug-likeness (QED) is 0.784. The van der Waals surface area contributed by atoms with E-state index < -0.39 is 5.97 Å². The molecule has 2 rings (SSSR count). The molecule has 0 atom stereocenters. The van der Waals surface area contributed by atoms with Gasteiger partial charge >= 0.3 is 5.97 Å². The highest BCUT2D eigenvalue weighted by molar-refractivity contribution is 6.31. The molecule has 0 bridgehead atoms. The lowest BCUT2D eigenvalue weighted by atomic mass is 10.1. The molecule has 0 saturated heterocycles. The summed E-state index contributed by atoms with van der Waals surface area (Å²) in [4.78, 5) is 23.4. The van der Waals surface area contributed by atoms with Crippen LogP contribution in [0, 0.1) is 6.92 Å². The van der Waals surface area contributed by atoms with E-state index in [0.717, 1.165) is 6.07 Å². The molecule has 0 amide bonds. The van der Waals surface area contributed by atoms with Gasteiger partial charge in [-0.05, 0) is 31.5 Å². The number of benzene rings is 1. The summed E-state index contributed by atoms with van der Waals surface area (Å²) in [6.07, 6.45) is 0. The fourth-order valence-electron chi connectivity index (χ4n) is 1.69. The van der Waals surface area contributed by atoms with Gasteiger partial charge in [0.15, 0.2) is 5.43 Å². The maximum atomic E-state index is 11.9. The van der Waals surface area contributed by atoms with Gasteiger partial charge in [-0.2, -0.15) is 0 Å². The highest BCUT2D eigenvalue weighted by Gasteiger charge is 2.14. The predicted molar refractivity (Wildman–Crippen MR) is 68.2 cm³/mol. The van der Waals surface area contributed by atoms with Crippen molar-refractivity contribution in [1.29, 1.82) is 0 Å². The van der Waals surface area contributed by atoms with Crippen LogP contribution in [0.1, 0.15) is 23.0 Å². The zero-order valence-electron chi connectivity index (χ0n) is 9.95. The van der Waals surface area contributed by atoms with Crippen LogP contribution in [-0.2, 0) is 4.74 Å². The van der Waals surface area contributed by atoms with Crippen molar-refractivity contribution in [1.82, 2.24) is 0 Å². The molecule has 0 saturated carbocycles. The lowest BCUT2D eigenvalue weighted by Gasteiger charge is -2.05. The molecule has 5 heteroatoms. The SMILES string of the molecule is CCOC(=O)c1cc(=O)c2cc(Cl)cc(C)c2o1. The molecule has 94 valence electrons. The van der Waals surface area contributed by atoms with Crippen molar-refractivity contribution in [3.05, 3.63) is 44.8 Å². The van der Waals surface area contributed by atoms with Crippen molar-refractivity contribution in [3.63, 3.8) is 0 Å².